The minimum atomic E-state index is -5.09. The van der Waals surface area contributed by atoms with Crippen molar-refractivity contribution < 1.29 is 40.2 Å². The first-order valence-electron chi connectivity index (χ1n) is 15.2. The van der Waals surface area contributed by atoms with E-state index in [4.69, 9.17) is 15.2 Å². The second-order valence-corrected chi connectivity index (χ2v) is 13.2. The van der Waals surface area contributed by atoms with Crippen LogP contribution in [0, 0.1) is 18.6 Å². The van der Waals surface area contributed by atoms with Crippen LogP contribution in [-0.2, 0) is 6.18 Å². The normalized spacial score (nSPS) is 29.6. The first kappa shape index (κ1) is 29.7. The predicted octanol–water partition coefficient (Wildman–Crippen LogP) is 4.83. The van der Waals surface area contributed by atoms with E-state index in [0.29, 0.717) is 19.5 Å². The highest BCUT2D eigenvalue weighted by molar-refractivity contribution is 5.97. The van der Waals surface area contributed by atoms with Crippen molar-refractivity contribution in [1.29, 1.82) is 0 Å². The van der Waals surface area contributed by atoms with E-state index in [-0.39, 0.29) is 47.8 Å². The number of pyridine rings is 1. The van der Waals surface area contributed by atoms with Gasteiger partial charge in [-0.15, -0.1) is 0 Å². The number of hydrogen-bond donors (Lipinski definition) is 2. The van der Waals surface area contributed by atoms with Gasteiger partial charge in [0, 0.05) is 31.6 Å². The van der Waals surface area contributed by atoms with Crippen LogP contribution in [0.15, 0.2) is 6.07 Å². The van der Waals surface area contributed by atoms with E-state index in [0.717, 1.165) is 25.8 Å². The Bertz CT molecular complexity index is 1790. The molecule has 5 aliphatic rings. The van der Waals surface area contributed by atoms with Gasteiger partial charge in [-0.3, -0.25) is 4.90 Å². The van der Waals surface area contributed by atoms with Gasteiger partial charge in [-0.2, -0.15) is 23.1 Å². The summed E-state index contributed by atoms with van der Waals surface area (Å²) in [4.78, 5) is 16.6. The van der Waals surface area contributed by atoms with Crippen molar-refractivity contribution in [2.75, 3.05) is 36.9 Å². The van der Waals surface area contributed by atoms with Crippen LogP contribution < -0.4 is 25.4 Å². The number of nitrogens with zero attached hydrogens (tertiary/aromatic N) is 5. The summed E-state index contributed by atoms with van der Waals surface area (Å²) < 4.78 is 116. The summed E-state index contributed by atoms with van der Waals surface area (Å²) in [7, 11) is 0. The Hall–Kier alpha value is -3.66. The number of rotatable bonds is 4. The highest BCUT2D eigenvalue weighted by atomic mass is 19.4. The average Bonchev–Trinajstić information content (AvgIpc) is 3.38. The van der Waals surface area contributed by atoms with Crippen LogP contribution in [0.25, 0.3) is 22.2 Å². The number of fused-ring (bicyclic) bond motifs is 6. The summed E-state index contributed by atoms with van der Waals surface area (Å²) in [5, 5.41) is 3.54. The fourth-order valence-electron chi connectivity index (χ4n) is 8.19. The Morgan fingerprint density at radius 3 is 2.63 bits per heavy atom. The number of hydrogen-bond acceptors (Lipinski definition) is 9. The van der Waals surface area contributed by atoms with Gasteiger partial charge in [0.15, 0.2) is 11.6 Å². The van der Waals surface area contributed by atoms with E-state index in [1.807, 2.05) is 4.90 Å². The van der Waals surface area contributed by atoms with E-state index in [1.165, 1.54) is 0 Å². The Labute approximate surface area is 258 Å². The molecule has 0 amide bonds. The van der Waals surface area contributed by atoms with Crippen LogP contribution in [0.5, 0.6) is 11.9 Å². The first-order valence-corrected chi connectivity index (χ1v) is 15.2. The summed E-state index contributed by atoms with van der Waals surface area (Å²) in [6, 6.07) is 0.187. The minimum Gasteiger partial charge on any atom is -0.472 e. The van der Waals surface area contributed by atoms with E-state index in [1.54, 1.807) is 11.8 Å². The Kier molecular flexibility index (Phi) is 6.26. The minimum absolute atomic E-state index is 0.00493. The third-order valence-corrected chi connectivity index (χ3v) is 10.2. The molecule has 9 nitrogen and oxygen atoms in total. The second kappa shape index (κ2) is 9.69. The number of nitrogens with two attached hydrogens (primary N) is 1. The Morgan fingerprint density at radius 1 is 1.15 bits per heavy atom. The van der Waals surface area contributed by atoms with Crippen LogP contribution in [0.4, 0.5) is 42.2 Å². The summed E-state index contributed by atoms with van der Waals surface area (Å²) >= 11 is 0. The van der Waals surface area contributed by atoms with Crippen LogP contribution in [0.2, 0.25) is 0 Å². The zero-order chi connectivity index (χ0) is 32.5. The molecule has 4 fully saturated rings. The van der Waals surface area contributed by atoms with Crippen LogP contribution in [0.3, 0.4) is 0 Å². The fraction of sp³-hybridized carbons (Fsp3) is 0.567. The Morgan fingerprint density at radius 2 is 1.93 bits per heavy atom. The van der Waals surface area contributed by atoms with Gasteiger partial charge in [-0.1, -0.05) is 0 Å². The van der Waals surface area contributed by atoms with E-state index >= 15 is 8.78 Å². The molecular formula is C30H30F7N7O2. The van der Waals surface area contributed by atoms with Crippen molar-refractivity contribution in [1.82, 2.24) is 25.2 Å². The smallest absolute Gasteiger partial charge is 0.417 e. The molecule has 4 saturated heterocycles. The van der Waals surface area contributed by atoms with Crippen molar-refractivity contribution in [3.8, 4) is 23.1 Å². The molecule has 0 radical (unpaired) electrons. The fourth-order valence-corrected chi connectivity index (χ4v) is 8.19. The average molecular weight is 654 g/mol. The first-order chi connectivity index (χ1) is 21.7. The van der Waals surface area contributed by atoms with Crippen LogP contribution >= 0.6 is 0 Å². The highest BCUT2D eigenvalue weighted by Gasteiger charge is 2.60. The van der Waals surface area contributed by atoms with Crippen LogP contribution in [0.1, 0.15) is 43.7 Å². The van der Waals surface area contributed by atoms with Gasteiger partial charge in [-0.25, -0.2) is 22.5 Å². The van der Waals surface area contributed by atoms with Crippen molar-refractivity contribution in [2.45, 2.75) is 81.4 Å². The lowest BCUT2D eigenvalue weighted by atomic mass is 9.85. The summed E-state index contributed by atoms with van der Waals surface area (Å²) in [6.45, 7) is 3.18. The topological polar surface area (TPSA) is 102 Å². The number of ether oxygens (including phenoxy) is 2. The molecule has 1 aromatic carbocycles. The summed E-state index contributed by atoms with van der Waals surface area (Å²) in [6.07, 6.45) is -3.97. The van der Waals surface area contributed by atoms with E-state index in [2.05, 4.69) is 20.3 Å². The maximum Gasteiger partial charge on any atom is 0.417 e. The zero-order valence-electron chi connectivity index (χ0n) is 24.8. The third kappa shape index (κ3) is 4.31. The molecule has 0 spiro atoms. The van der Waals surface area contributed by atoms with Crippen molar-refractivity contribution in [2.24, 2.45) is 0 Å². The molecule has 16 heteroatoms. The molecule has 0 saturated carbocycles. The number of aromatic nitrogens is 3. The quantitative estimate of drug-likeness (QED) is 0.303. The van der Waals surface area contributed by atoms with E-state index in [9.17, 15) is 22.0 Å². The van der Waals surface area contributed by atoms with Gasteiger partial charge < -0.3 is 25.4 Å². The zero-order valence-corrected chi connectivity index (χ0v) is 24.8. The third-order valence-electron chi connectivity index (χ3n) is 10.2. The molecule has 3 N–H and O–H groups in total. The van der Waals surface area contributed by atoms with Gasteiger partial charge in [0.05, 0.1) is 34.9 Å². The van der Waals surface area contributed by atoms with Gasteiger partial charge in [0.1, 0.15) is 35.1 Å². The summed E-state index contributed by atoms with van der Waals surface area (Å²) in [5.41, 5.74) is -0.334. The lowest BCUT2D eigenvalue weighted by molar-refractivity contribution is -0.137. The largest absolute Gasteiger partial charge is 0.472 e. The molecule has 3 aromatic rings. The van der Waals surface area contributed by atoms with E-state index < -0.39 is 81.9 Å². The number of anilines is 2. The second-order valence-electron chi connectivity index (χ2n) is 13.2. The highest BCUT2D eigenvalue weighted by Crippen LogP contribution is 2.49. The maximum absolute atomic E-state index is 16.7. The number of nitrogen functional groups attached to an aromatic ring is 1. The molecular weight excluding hydrogens is 623 g/mol. The van der Waals surface area contributed by atoms with Crippen LogP contribution in [-0.4, -0.2) is 81.8 Å². The summed E-state index contributed by atoms with van der Waals surface area (Å²) in [5.74, 6) is -5.82. The molecule has 7 heterocycles. The number of piperazine rings is 1. The SMILES string of the molecule is Cc1cc(N)c(F)c(-c2nc3c4c(nc(OC[C@]56CCN5CC(F)(F)C6)nc4c2F)N2C[C@H]4CC[C@H](N4)[C@H]2[C@H](C)O3)c1C(F)(F)F. The number of halogens is 7. The molecule has 0 aliphatic carbocycles. The molecule has 5 aliphatic heterocycles. The number of alkyl halides is 5. The predicted molar refractivity (Wildman–Crippen MR) is 152 cm³/mol. The molecule has 5 atom stereocenters. The molecule has 246 valence electrons. The lowest BCUT2D eigenvalue weighted by Crippen LogP contribution is -2.62. The number of benzene rings is 1. The molecule has 46 heavy (non-hydrogen) atoms. The van der Waals surface area contributed by atoms with Gasteiger partial charge in [-0.05, 0) is 44.7 Å². The van der Waals surface area contributed by atoms with Crippen molar-refractivity contribution in [3.05, 3.63) is 28.8 Å². The molecule has 2 aromatic heterocycles. The van der Waals surface area contributed by atoms with Crippen molar-refractivity contribution in [3.63, 3.8) is 0 Å². The Balaban J connectivity index is 1.34. The number of nitrogens with one attached hydrogen (secondary N) is 1. The standard InChI is InChI=1S/C30H30F7N7O2/c1-12-7-15(38)20(31)17(19(12)30(35,36)37)22-21(32)23-18-25(42-27(41-23)45-11-28-5-6-43(28)10-29(33,34)9-28)44-8-14-3-4-16(39-14)24(44)13(2)46-26(18)40-22/h7,13-14,16,24,39H,3-6,8-11,38H2,1-2H3/t13-,14+,16-,24+,28+/m0/s1. The monoisotopic (exact) mass is 653 g/mol. The van der Waals surface area contributed by atoms with Gasteiger partial charge in [0.25, 0.3) is 5.92 Å². The number of aryl methyl sites for hydroxylation is 1. The molecule has 0 unspecified atom stereocenters. The van der Waals surface area contributed by atoms with Gasteiger partial charge >= 0.3 is 12.2 Å². The molecule has 8 rings (SSSR count). The maximum atomic E-state index is 16.7. The molecule has 2 bridgehead atoms. The van der Waals surface area contributed by atoms with Crippen molar-refractivity contribution >= 4 is 22.4 Å². The lowest BCUT2D eigenvalue weighted by Gasteiger charge is -2.46. The van der Waals surface area contributed by atoms with Gasteiger partial charge in [0.2, 0.25) is 5.88 Å².